The van der Waals surface area contributed by atoms with Crippen LogP contribution in [-0.2, 0) is 11.8 Å². The van der Waals surface area contributed by atoms with E-state index in [4.69, 9.17) is 0 Å². The maximum atomic E-state index is 12.2. The smallest absolute Gasteiger partial charge is 0.246 e. The third kappa shape index (κ3) is 5.00. The Morgan fingerprint density at radius 3 is 2.62 bits per heavy atom. The molecule has 0 saturated heterocycles. The van der Waals surface area contributed by atoms with Gasteiger partial charge in [-0.25, -0.2) is 0 Å². The molecule has 6 nitrogen and oxygen atoms in total. The van der Waals surface area contributed by atoms with Crippen molar-refractivity contribution in [3.8, 4) is 0 Å². The lowest BCUT2D eigenvalue weighted by Crippen LogP contribution is -2.30. The number of carbonyl (C=O) groups excluding carboxylic acids is 1. The van der Waals surface area contributed by atoms with Gasteiger partial charge in [-0.2, -0.15) is 5.10 Å². The number of likely N-dealkylation sites (N-methyl/N-ethyl adjacent to an activating group) is 1. The zero-order valence-corrected chi connectivity index (χ0v) is 13.7. The molecule has 0 aliphatic heterocycles. The van der Waals surface area contributed by atoms with Crippen LogP contribution in [0.4, 0.5) is 5.69 Å². The van der Waals surface area contributed by atoms with Gasteiger partial charge < -0.3 is 10.6 Å². The van der Waals surface area contributed by atoms with Crippen LogP contribution in [-0.4, -0.2) is 27.7 Å². The van der Waals surface area contributed by atoms with Crippen molar-refractivity contribution in [2.24, 2.45) is 7.05 Å². The molecule has 0 bridgehead atoms. The van der Waals surface area contributed by atoms with E-state index in [1.165, 1.54) is 0 Å². The molecule has 0 radical (unpaired) electrons. The van der Waals surface area contributed by atoms with Crippen LogP contribution in [0.2, 0.25) is 0 Å². The van der Waals surface area contributed by atoms with Gasteiger partial charge in [0.2, 0.25) is 5.91 Å². The van der Waals surface area contributed by atoms with Crippen LogP contribution in [0, 0.1) is 6.92 Å². The highest BCUT2D eigenvalue weighted by molar-refractivity contribution is 5.95. The molecular formula is C13H19Cl2N5O. The van der Waals surface area contributed by atoms with E-state index < -0.39 is 6.04 Å². The molecule has 0 aromatic carbocycles. The third-order valence-electron chi connectivity index (χ3n) is 2.77. The molecule has 21 heavy (non-hydrogen) atoms. The zero-order chi connectivity index (χ0) is 13.8. The largest absolute Gasteiger partial charge is 0.324 e. The first-order valence-electron chi connectivity index (χ1n) is 5.99. The number of carbonyl (C=O) groups is 1. The van der Waals surface area contributed by atoms with Crippen molar-refractivity contribution in [2.45, 2.75) is 13.0 Å². The average molecular weight is 332 g/mol. The Kier molecular flexibility index (Phi) is 7.94. The van der Waals surface area contributed by atoms with Crippen molar-refractivity contribution < 1.29 is 4.79 Å². The highest BCUT2D eigenvalue weighted by atomic mass is 35.5. The third-order valence-corrected chi connectivity index (χ3v) is 2.77. The summed E-state index contributed by atoms with van der Waals surface area (Å²) in [5.74, 6) is -0.124. The van der Waals surface area contributed by atoms with E-state index in [1.807, 2.05) is 26.2 Å². The van der Waals surface area contributed by atoms with Gasteiger partial charge in [-0.1, -0.05) is 0 Å². The average Bonchev–Trinajstić information content (AvgIpc) is 2.76. The lowest BCUT2D eigenvalue weighted by atomic mass is 10.1. The molecule has 0 saturated carbocycles. The summed E-state index contributed by atoms with van der Waals surface area (Å²) in [7, 11) is 3.56. The van der Waals surface area contributed by atoms with E-state index in [0.29, 0.717) is 0 Å². The minimum absolute atomic E-state index is 0. The predicted octanol–water partition coefficient (Wildman–Crippen LogP) is 1.87. The first kappa shape index (κ1) is 19.4. The van der Waals surface area contributed by atoms with Crippen LogP contribution in [0.25, 0.3) is 0 Å². The second-order valence-corrected chi connectivity index (χ2v) is 4.34. The number of nitrogens with zero attached hydrogens (tertiary/aromatic N) is 3. The summed E-state index contributed by atoms with van der Waals surface area (Å²) in [5, 5.41) is 9.92. The molecule has 8 heteroatoms. The quantitative estimate of drug-likeness (QED) is 0.897. The molecule has 116 valence electrons. The summed E-state index contributed by atoms with van der Waals surface area (Å²) < 4.78 is 1.67. The lowest BCUT2D eigenvalue weighted by Gasteiger charge is -2.14. The first-order chi connectivity index (χ1) is 9.10. The fraction of sp³-hybridized carbons (Fsp3) is 0.308. The number of aromatic nitrogens is 3. The van der Waals surface area contributed by atoms with Gasteiger partial charge in [-0.05, 0) is 26.1 Å². The standard InChI is InChI=1S/C13H17N5O.2ClH/c1-9-6-11(4-5-15-9)17-13(19)12(14-2)10-7-16-18(3)8-10;;/h4-8,12,14H,1-3H3,(H,15,17,19);2*1H. The Morgan fingerprint density at radius 2 is 2.10 bits per heavy atom. The normalized spacial score (nSPS) is 11.0. The van der Waals surface area contributed by atoms with Crippen LogP contribution < -0.4 is 10.6 Å². The van der Waals surface area contributed by atoms with E-state index in [2.05, 4.69) is 20.7 Å². The number of hydrogen-bond donors (Lipinski definition) is 2. The Labute approximate surface area is 136 Å². The van der Waals surface area contributed by atoms with Gasteiger partial charge >= 0.3 is 0 Å². The molecule has 2 N–H and O–H groups in total. The zero-order valence-electron chi connectivity index (χ0n) is 12.0. The van der Waals surface area contributed by atoms with Gasteiger partial charge in [0, 0.05) is 36.4 Å². The van der Waals surface area contributed by atoms with Crippen molar-refractivity contribution in [3.63, 3.8) is 0 Å². The fourth-order valence-corrected chi connectivity index (χ4v) is 1.88. The minimum atomic E-state index is -0.429. The van der Waals surface area contributed by atoms with Crippen LogP contribution in [0.15, 0.2) is 30.7 Å². The summed E-state index contributed by atoms with van der Waals surface area (Å²) in [6.45, 7) is 1.88. The number of pyridine rings is 1. The molecule has 2 aromatic heterocycles. The molecule has 1 atom stereocenters. The molecule has 2 rings (SSSR count). The molecule has 1 unspecified atom stereocenters. The fourth-order valence-electron chi connectivity index (χ4n) is 1.88. The van der Waals surface area contributed by atoms with E-state index in [-0.39, 0.29) is 30.7 Å². The summed E-state index contributed by atoms with van der Waals surface area (Å²) >= 11 is 0. The summed E-state index contributed by atoms with van der Waals surface area (Å²) in [6, 6.07) is 3.16. The molecule has 2 heterocycles. The predicted molar refractivity (Wildman–Crippen MR) is 87.1 cm³/mol. The molecule has 2 aromatic rings. The number of amides is 1. The van der Waals surface area contributed by atoms with Crippen LogP contribution >= 0.6 is 24.8 Å². The number of anilines is 1. The van der Waals surface area contributed by atoms with Crippen molar-refractivity contribution >= 4 is 36.4 Å². The van der Waals surface area contributed by atoms with Gasteiger partial charge in [-0.3, -0.25) is 14.5 Å². The number of nitrogens with one attached hydrogen (secondary N) is 2. The van der Waals surface area contributed by atoms with Gasteiger partial charge in [0.05, 0.1) is 6.20 Å². The van der Waals surface area contributed by atoms with Crippen LogP contribution in [0.5, 0.6) is 0 Å². The molecule has 0 spiro atoms. The second-order valence-electron chi connectivity index (χ2n) is 4.34. The number of rotatable bonds is 4. The van der Waals surface area contributed by atoms with Gasteiger partial charge in [0.1, 0.15) is 6.04 Å². The lowest BCUT2D eigenvalue weighted by molar-refractivity contribution is -0.118. The van der Waals surface area contributed by atoms with E-state index >= 15 is 0 Å². The van der Waals surface area contributed by atoms with Crippen molar-refractivity contribution in [2.75, 3.05) is 12.4 Å². The van der Waals surface area contributed by atoms with E-state index in [9.17, 15) is 4.79 Å². The molecule has 1 amide bonds. The van der Waals surface area contributed by atoms with Gasteiger partial charge in [0.15, 0.2) is 0 Å². The number of hydrogen-bond acceptors (Lipinski definition) is 4. The first-order valence-corrected chi connectivity index (χ1v) is 5.99. The molecular weight excluding hydrogens is 313 g/mol. The van der Waals surface area contributed by atoms with Gasteiger partial charge in [0.25, 0.3) is 0 Å². The van der Waals surface area contributed by atoms with Crippen molar-refractivity contribution in [1.82, 2.24) is 20.1 Å². The summed E-state index contributed by atoms with van der Waals surface area (Å²) in [4.78, 5) is 16.3. The topological polar surface area (TPSA) is 71.8 Å². The molecule has 0 aliphatic carbocycles. The van der Waals surface area contributed by atoms with Crippen molar-refractivity contribution in [1.29, 1.82) is 0 Å². The maximum Gasteiger partial charge on any atom is 0.246 e. The van der Waals surface area contributed by atoms with E-state index in [0.717, 1.165) is 16.9 Å². The highest BCUT2D eigenvalue weighted by Crippen LogP contribution is 2.15. The number of halogens is 2. The Balaban J connectivity index is 0.00000200. The van der Waals surface area contributed by atoms with Crippen LogP contribution in [0.1, 0.15) is 17.3 Å². The second kappa shape index (κ2) is 8.61. The Morgan fingerprint density at radius 1 is 1.38 bits per heavy atom. The highest BCUT2D eigenvalue weighted by Gasteiger charge is 2.20. The van der Waals surface area contributed by atoms with E-state index in [1.54, 1.807) is 30.2 Å². The monoisotopic (exact) mass is 331 g/mol. The minimum Gasteiger partial charge on any atom is -0.324 e. The SMILES string of the molecule is CNC(C(=O)Nc1ccnc(C)c1)c1cnn(C)c1.Cl.Cl. The van der Waals surface area contributed by atoms with Crippen LogP contribution in [0.3, 0.4) is 0 Å². The van der Waals surface area contributed by atoms with Crippen molar-refractivity contribution in [3.05, 3.63) is 42.0 Å². The maximum absolute atomic E-state index is 12.2. The summed E-state index contributed by atoms with van der Waals surface area (Å²) in [5.41, 5.74) is 2.43. The molecule has 0 fully saturated rings. The summed E-state index contributed by atoms with van der Waals surface area (Å²) in [6.07, 6.45) is 5.17. The number of aryl methyl sites for hydroxylation is 2. The Hall–Kier alpha value is -1.63. The molecule has 0 aliphatic rings. The Bertz CT molecular complexity index is 587. The van der Waals surface area contributed by atoms with Gasteiger partial charge in [-0.15, -0.1) is 24.8 Å².